The Balaban J connectivity index is 1.25. The van der Waals surface area contributed by atoms with Crippen LogP contribution in [0.4, 0.5) is 0 Å². The highest BCUT2D eigenvalue weighted by molar-refractivity contribution is 5.88. The first-order chi connectivity index (χ1) is 23.7. The van der Waals surface area contributed by atoms with E-state index in [9.17, 15) is 5.26 Å². The molecule has 2 heterocycles. The van der Waals surface area contributed by atoms with Gasteiger partial charge in [-0.2, -0.15) is 5.26 Å². The first-order valence-electron chi connectivity index (χ1n) is 15.7. The molecule has 6 aromatic carbocycles. The third-order valence-electron chi connectivity index (χ3n) is 8.31. The molecule has 0 spiro atoms. The van der Waals surface area contributed by atoms with Gasteiger partial charge in [-0.1, -0.05) is 127 Å². The molecule has 8 aromatic rings. The summed E-state index contributed by atoms with van der Waals surface area (Å²) in [5.41, 5.74) is 12.4. The molecule has 48 heavy (non-hydrogen) atoms. The van der Waals surface area contributed by atoms with E-state index >= 15 is 0 Å². The van der Waals surface area contributed by atoms with Crippen LogP contribution in [0.5, 0.6) is 0 Å². The quantitative estimate of drug-likeness (QED) is 0.187. The molecule has 0 amide bonds. The van der Waals surface area contributed by atoms with E-state index in [0.29, 0.717) is 11.4 Å². The van der Waals surface area contributed by atoms with Crippen LogP contribution in [0, 0.1) is 11.3 Å². The van der Waals surface area contributed by atoms with E-state index in [-0.39, 0.29) is 0 Å². The molecule has 8 rings (SSSR count). The fraction of sp³-hybridized carbons (Fsp3) is 0. The highest BCUT2D eigenvalue weighted by atomic mass is 14.9. The SMILES string of the molecule is N#Cc1cccc(-c2ccc(-c3nc4ccccc4nc3-c3cccc(-c4nc(-c5ccccc5)cc(-c5ccccc5)n4)c3)cc2)c1. The average Bonchev–Trinajstić information content (AvgIpc) is 3.18. The van der Waals surface area contributed by atoms with E-state index in [1.807, 2.05) is 103 Å². The highest BCUT2D eigenvalue weighted by Gasteiger charge is 2.16. The molecule has 5 nitrogen and oxygen atoms in total. The van der Waals surface area contributed by atoms with Crippen molar-refractivity contribution in [1.82, 2.24) is 19.9 Å². The van der Waals surface area contributed by atoms with Crippen molar-refractivity contribution < 1.29 is 0 Å². The molecule has 0 saturated heterocycles. The number of nitrogens with zero attached hydrogens (tertiary/aromatic N) is 5. The lowest BCUT2D eigenvalue weighted by Gasteiger charge is -2.13. The predicted octanol–water partition coefficient (Wildman–Crippen LogP) is 10.3. The Kier molecular flexibility index (Phi) is 7.50. The maximum Gasteiger partial charge on any atom is 0.160 e. The van der Waals surface area contributed by atoms with Crippen LogP contribution < -0.4 is 0 Å². The zero-order chi connectivity index (χ0) is 32.3. The summed E-state index contributed by atoms with van der Waals surface area (Å²) in [6, 6.07) is 56.7. The van der Waals surface area contributed by atoms with E-state index in [2.05, 4.69) is 66.7 Å². The Morgan fingerprint density at radius 3 is 1.48 bits per heavy atom. The summed E-state index contributed by atoms with van der Waals surface area (Å²) in [4.78, 5) is 20.4. The molecule has 0 bridgehead atoms. The molecule has 0 unspecified atom stereocenters. The molecule has 0 N–H and O–H groups in total. The molecule has 0 saturated carbocycles. The monoisotopic (exact) mass is 613 g/mol. The standard InChI is InChI=1S/C43H27N5/c44-28-29-11-9-16-34(25-29)30-21-23-33(24-22-30)41-42(46-38-20-8-7-19-37(38)45-41)35-17-10-18-36(26-35)43-47-39(31-12-3-1-4-13-31)27-40(48-43)32-14-5-2-6-15-32/h1-27H. The van der Waals surface area contributed by atoms with E-state index in [1.165, 1.54) is 0 Å². The van der Waals surface area contributed by atoms with Gasteiger partial charge in [-0.25, -0.2) is 19.9 Å². The Labute approximate surface area is 278 Å². The van der Waals surface area contributed by atoms with E-state index in [0.717, 1.165) is 72.8 Å². The molecular formula is C43H27N5. The van der Waals surface area contributed by atoms with E-state index in [4.69, 9.17) is 19.9 Å². The summed E-state index contributed by atoms with van der Waals surface area (Å²) >= 11 is 0. The molecule has 5 heteroatoms. The minimum absolute atomic E-state index is 0.633. The fourth-order valence-corrected chi connectivity index (χ4v) is 5.89. The smallest absolute Gasteiger partial charge is 0.160 e. The van der Waals surface area contributed by atoms with Gasteiger partial charge in [0.15, 0.2) is 5.82 Å². The van der Waals surface area contributed by atoms with Gasteiger partial charge in [0.1, 0.15) is 0 Å². The molecule has 0 atom stereocenters. The number of hydrogen-bond donors (Lipinski definition) is 0. The summed E-state index contributed by atoms with van der Waals surface area (Å²) in [6.07, 6.45) is 0. The Morgan fingerprint density at radius 2 is 0.854 bits per heavy atom. The predicted molar refractivity (Wildman–Crippen MR) is 192 cm³/mol. The highest BCUT2D eigenvalue weighted by Crippen LogP contribution is 2.35. The van der Waals surface area contributed by atoms with Crippen molar-refractivity contribution in [2.75, 3.05) is 0 Å². The second-order valence-electron chi connectivity index (χ2n) is 11.5. The van der Waals surface area contributed by atoms with Gasteiger partial charge in [-0.3, -0.25) is 0 Å². The first-order valence-corrected chi connectivity index (χ1v) is 15.7. The van der Waals surface area contributed by atoms with Gasteiger partial charge >= 0.3 is 0 Å². The van der Waals surface area contributed by atoms with Crippen molar-refractivity contribution in [3.63, 3.8) is 0 Å². The van der Waals surface area contributed by atoms with Crippen LogP contribution in [0.3, 0.4) is 0 Å². The van der Waals surface area contributed by atoms with Gasteiger partial charge in [0.2, 0.25) is 0 Å². The van der Waals surface area contributed by atoms with Crippen LogP contribution in [-0.4, -0.2) is 19.9 Å². The molecule has 2 aromatic heterocycles. The number of hydrogen-bond acceptors (Lipinski definition) is 5. The summed E-state index contributed by atoms with van der Waals surface area (Å²) < 4.78 is 0. The van der Waals surface area contributed by atoms with Gasteiger partial charge in [0, 0.05) is 27.8 Å². The van der Waals surface area contributed by atoms with Gasteiger partial charge in [0.25, 0.3) is 0 Å². The maximum atomic E-state index is 9.38. The Morgan fingerprint density at radius 1 is 0.354 bits per heavy atom. The number of benzene rings is 6. The molecular weight excluding hydrogens is 587 g/mol. The summed E-state index contributed by atoms with van der Waals surface area (Å²) in [5.74, 6) is 0.635. The average molecular weight is 614 g/mol. The molecule has 0 aliphatic rings. The van der Waals surface area contributed by atoms with Crippen molar-refractivity contribution >= 4 is 11.0 Å². The fourth-order valence-electron chi connectivity index (χ4n) is 5.89. The first kappa shape index (κ1) is 28.7. The van der Waals surface area contributed by atoms with Crippen molar-refractivity contribution in [3.05, 3.63) is 169 Å². The number of para-hydroxylation sites is 2. The van der Waals surface area contributed by atoms with Crippen LogP contribution in [0.25, 0.3) is 78.6 Å². The molecule has 224 valence electrons. The normalized spacial score (nSPS) is 10.9. The Hall–Kier alpha value is -6.77. The van der Waals surface area contributed by atoms with E-state index < -0.39 is 0 Å². The third-order valence-corrected chi connectivity index (χ3v) is 8.31. The van der Waals surface area contributed by atoms with Crippen LogP contribution in [0.1, 0.15) is 5.56 Å². The number of rotatable bonds is 6. The summed E-state index contributed by atoms with van der Waals surface area (Å²) in [6.45, 7) is 0. The van der Waals surface area contributed by atoms with Gasteiger partial charge in [-0.05, 0) is 47.5 Å². The lowest BCUT2D eigenvalue weighted by molar-refractivity contribution is 1.18. The second kappa shape index (κ2) is 12.6. The lowest BCUT2D eigenvalue weighted by Crippen LogP contribution is -1.98. The number of fused-ring (bicyclic) bond motifs is 1. The van der Waals surface area contributed by atoms with Crippen LogP contribution >= 0.6 is 0 Å². The molecule has 0 radical (unpaired) electrons. The summed E-state index contributed by atoms with van der Waals surface area (Å²) in [7, 11) is 0. The maximum absolute atomic E-state index is 9.38. The summed E-state index contributed by atoms with van der Waals surface area (Å²) in [5, 5.41) is 9.38. The molecule has 0 aliphatic heterocycles. The van der Waals surface area contributed by atoms with Crippen molar-refractivity contribution in [1.29, 1.82) is 5.26 Å². The second-order valence-corrected chi connectivity index (χ2v) is 11.5. The number of nitriles is 1. The van der Waals surface area contributed by atoms with Crippen molar-refractivity contribution in [2.24, 2.45) is 0 Å². The van der Waals surface area contributed by atoms with Crippen LogP contribution in [-0.2, 0) is 0 Å². The zero-order valence-corrected chi connectivity index (χ0v) is 25.8. The van der Waals surface area contributed by atoms with Crippen LogP contribution in [0.15, 0.2) is 164 Å². The van der Waals surface area contributed by atoms with Gasteiger partial charge < -0.3 is 0 Å². The van der Waals surface area contributed by atoms with Gasteiger partial charge in [0.05, 0.1) is 45.4 Å². The number of aromatic nitrogens is 4. The largest absolute Gasteiger partial charge is 0.244 e. The molecule has 0 fully saturated rings. The topological polar surface area (TPSA) is 75.3 Å². The van der Waals surface area contributed by atoms with Crippen LogP contribution in [0.2, 0.25) is 0 Å². The third kappa shape index (κ3) is 5.71. The van der Waals surface area contributed by atoms with E-state index in [1.54, 1.807) is 0 Å². The Bertz CT molecular complexity index is 2390. The zero-order valence-electron chi connectivity index (χ0n) is 25.8. The van der Waals surface area contributed by atoms with Gasteiger partial charge in [-0.15, -0.1) is 0 Å². The minimum atomic E-state index is 0.633. The van der Waals surface area contributed by atoms with Crippen molar-refractivity contribution in [2.45, 2.75) is 0 Å². The molecule has 0 aliphatic carbocycles. The lowest BCUT2D eigenvalue weighted by atomic mass is 9.98. The van der Waals surface area contributed by atoms with Crippen molar-refractivity contribution in [3.8, 4) is 73.6 Å². The minimum Gasteiger partial charge on any atom is -0.244 e.